The minimum atomic E-state index is -5.08. The smallest absolute Gasteiger partial charge is 0.475 e. The van der Waals surface area contributed by atoms with Crippen LogP contribution in [0.4, 0.5) is 13.2 Å². The highest BCUT2D eigenvalue weighted by Crippen LogP contribution is 2.32. The Morgan fingerprint density at radius 2 is 1.83 bits per heavy atom. The lowest BCUT2D eigenvalue weighted by Crippen LogP contribution is -2.31. The van der Waals surface area contributed by atoms with E-state index >= 15 is 0 Å². The molecule has 9 nitrogen and oxygen atoms in total. The number of carboxylic acid groups (broad SMARTS) is 1. The Bertz CT molecular complexity index is 1870. The molecule has 3 N–H and O–H groups in total. The number of allylic oxidation sites excluding steroid dienone is 2. The first-order chi connectivity index (χ1) is 19.9. The number of fused-ring (bicyclic) bond motifs is 1. The van der Waals surface area contributed by atoms with Gasteiger partial charge in [-0.15, -0.1) is 0 Å². The molecular formula is C29H25F3N4O5S. The van der Waals surface area contributed by atoms with E-state index in [0.717, 1.165) is 31.6 Å². The number of aliphatic carboxylic acids is 1. The molecule has 0 atom stereocenters. The van der Waals surface area contributed by atoms with Crippen LogP contribution in [0.15, 0.2) is 82.6 Å². The number of nitrogens with zero attached hydrogens (tertiary/aromatic N) is 2. The number of carboxylic acids is 1. The summed E-state index contributed by atoms with van der Waals surface area (Å²) in [6.45, 7) is 2.99. The molecule has 2 aromatic carbocycles. The van der Waals surface area contributed by atoms with Crippen LogP contribution in [-0.2, 0) is 27.7 Å². The van der Waals surface area contributed by atoms with Crippen molar-refractivity contribution in [2.24, 2.45) is 4.99 Å². The number of nitrogens with one attached hydrogen (secondary N) is 2. The molecule has 218 valence electrons. The zero-order chi connectivity index (χ0) is 30.2. The van der Waals surface area contributed by atoms with Crippen LogP contribution in [0.2, 0.25) is 0 Å². The quantitative estimate of drug-likeness (QED) is 0.301. The third-order valence-corrected chi connectivity index (χ3v) is 8.59. The van der Waals surface area contributed by atoms with Gasteiger partial charge in [0.25, 0.3) is 10.0 Å². The third kappa shape index (κ3) is 5.47. The summed E-state index contributed by atoms with van der Waals surface area (Å²) in [7, 11) is -3.94. The standard InChI is InChI=1S/C27H24N4O3S.C2HF3O2/c1-17-6-8-20(9-7-17)35(33,34)31-16-19-11-13-28-23-14-24(27(32)26(31)25(19)23)29-12-10-18-15-30-22-5-3-2-4-21(18)22;3-2(4,5)1(6)7/h2-9,14-16,29-30H,10-13H2,1H3;(H,6,7). The van der Waals surface area contributed by atoms with Gasteiger partial charge in [-0.05, 0) is 55.2 Å². The Kier molecular flexibility index (Phi) is 7.54. The van der Waals surface area contributed by atoms with Gasteiger partial charge in [-0.1, -0.05) is 35.9 Å². The van der Waals surface area contributed by atoms with Gasteiger partial charge in [0.2, 0.25) is 5.78 Å². The molecule has 0 saturated heterocycles. The van der Waals surface area contributed by atoms with Crippen molar-refractivity contribution in [2.45, 2.75) is 30.8 Å². The van der Waals surface area contributed by atoms with Crippen LogP contribution in [0.3, 0.4) is 0 Å². The number of H-pyrrole nitrogens is 1. The second kappa shape index (κ2) is 11.0. The van der Waals surface area contributed by atoms with Crippen molar-refractivity contribution in [3.8, 4) is 0 Å². The Morgan fingerprint density at radius 3 is 2.52 bits per heavy atom. The summed E-state index contributed by atoms with van der Waals surface area (Å²) in [6.07, 6.45) is 1.56. The molecule has 0 radical (unpaired) electrons. The summed E-state index contributed by atoms with van der Waals surface area (Å²) < 4.78 is 60.0. The molecule has 0 saturated carbocycles. The van der Waals surface area contributed by atoms with E-state index in [-0.39, 0.29) is 16.4 Å². The number of aryl methyl sites for hydroxylation is 1. The van der Waals surface area contributed by atoms with Gasteiger partial charge in [-0.2, -0.15) is 13.2 Å². The number of hydrogen-bond donors (Lipinski definition) is 3. The predicted molar refractivity (Wildman–Crippen MR) is 149 cm³/mol. The lowest BCUT2D eigenvalue weighted by atomic mass is 9.92. The van der Waals surface area contributed by atoms with Gasteiger partial charge < -0.3 is 15.4 Å². The SMILES string of the molecule is Cc1ccc(S(=O)(=O)n2cc3c4c2C(=O)C(NCCc2c[nH]c5ccccc25)=CC4=NCC3)cc1.O=C(O)C(F)(F)F. The number of para-hydroxylation sites is 1. The maximum Gasteiger partial charge on any atom is 0.490 e. The highest BCUT2D eigenvalue weighted by Gasteiger charge is 2.38. The number of Topliss-reactive ketones (excluding diaryl/α,β-unsaturated/α-hetero) is 1. The van der Waals surface area contributed by atoms with E-state index in [1.807, 2.05) is 31.3 Å². The van der Waals surface area contributed by atoms with E-state index in [4.69, 9.17) is 9.90 Å². The molecule has 2 aromatic heterocycles. The van der Waals surface area contributed by atoms with Crippen molar-refractivity contribution in [2.75, 3.05) is 13.1 Å². The van der Waals surface area contributed by atoms with E-state index in [9.17, 15) is 26.4 Å². The third-order valence-electron chi connectivity index (χ3n) is 6.92. The summed E-state index contributed by atoms with van der Waals surface area (Å²) in [5, 5.41) is 11.5. The maximum atomic E-state index is 13.6. The average Bonchev–Trinajstić information content (AvgIpc) is 3.55. The number of ketones is 1. The molecule has 42 heavy (non-hydrogen) atoms. The van der Waals surface area contributed by atoms with Gasteiger partial charge in [0.1, 0.15) is 5.69 Å². The topological polar surface area (TPSA) is 134 Å². The fourth-order valence-corrected chi connectivity index (χ4v) is 6.25. The Morgan fingerprint density at radius 1 is 1.14 bits per heavy atom. The van der Waals surface area contributed by atoms with Gasteiger partial charge in [0.15, 0.2) is 0 Å². The molecule has 0 bridgehead atoms. The lowest BCUT2D eigenvalue weighted by Gasteiger charge is -2.21. The zero-order valence-corrected chi connectivity index (χ0v) is 23.0. The lowest BCUT2D eigenvalue weighted by molar-refractivity contribution is -0.192. The number of aliphatic imine (C=N–C) groups is 1. The molecule has 2 aliphatic rings. The van der Waals surface area contributed by atoms with Crippen molar-refractivity contribution >= 4 is 38.4 Å². The Hall–Kier alpha value is -4.65. The second-order valence-electron chi connectivity index (χ2n) is 9.74. The summed E-state index contributed by atoms with van der Waals surface area (Å²) in [4.78, 5) is 30.5. The van der Waals surface area contributed by atoms with Crippen molar-refractivity contribution < 1.29 is 36.3 Å². The highest BCUT2D eigenvalue weighted by molar-refractivity contribution is 7.90. The number of aromatic amines is 1. The van der Waals surface area contributed by atoms with Gasteiger partial charge >= 0.3 is 12.1 Å². The summed E-state index contributed by atoms with van der Waals surface area (Å²) in [6, 6.07) is 14.8. The van der Waals surface area contributed by atoms with Gasteiger partial charge in [-0.3, -0.25) is 9.79 Å². The number of aromatic nitrogens is 2. The zero-order valence-electron chi connectivity index (χ0n) is 22.2. The van der Waals surface area contributed by atoms with Gasteiger partial charge in [0.05, 0.1) is 16.3 Å². The van der Waals surface area contributed by atoms with Crippen LogP contribution in [0.25, 0.3) is 10.9 Å². The Labute approximate surface area is 238 Å². The molecule has 0 fully saturated rings. The molecule has 4 aromatic rings. The normalized spacial score (nSPS) is 14.4. The molecule has 1 aliphatic heterocycles. The minimum absolute atomic E-state index is 0.154. The molecule has 13 heteroatoms. The number of carbonyl (C=O) groups excluding carboxylic acids is 1. The van der Waals surface area contributed by atoms with E-state index in [2.05, 4.69) is 21.4 Å². The fraction of sp³-hybridized carbons (Fsp3) is 0.207. The number of hydrogen-bond acceptors (Lipinski definition) is 6. The van der Waals surface area contributed by atoms with Crippen molar-refractivity contribution in [3.63, 3.8) is 0 Å². The predicted octanol–water partition coefficient (Wildman–Crippen LogP) is 4.41. The minimum Gasteiger partial charge on any atom is -0.475 e. The first-order valence-electron chi connectivity index (χ1n) is 12.8. The number of halogens is 3. The van der Waals surface area contributed by atoms with Crippen molar-refractivity contribution in [1.29, 1.82) is 0 Å². The van der Waals surface area contributed by atoms with Crippen molar-refractivity contribution in [3.05, 3.63) is 101 Å². The first-order valence-corrected chi connectivity index (χ1v) is 14.3. The molecular weight excluding hydrogens is 573 g/mol. The van der Waals surface area contributed by atoms with Crippen LogP contribution in [0, 0.1) is 6.92 Å². The molecule has 0 unspecified atom stereocenters. The molecule has 6 rings (SSSR count). The second-order valence-corrected chi connectivity index (χ2v) is 11.6. The average molecular weight is 599 g/mol. The summed E-state index contributed by atoms with van der Waals surface area (Å²) in [5.74, 6) is -3.09. The molecule has 1 aliphatic carbocycles. The van der Waals surface area contributed by atoms with E-state index < -0.39 is 22.2 Å². The van der Waals surface area contributed by atoms with Crippen LogP contribution >= 0.6 is 0 Å². The molecule has 3 heterocycles. The van der Waals surface area contributed by atoms with E-state index in [1.54, 1.807) is 36.5 Å². The number of carbonyl (C=O) groups is 2. The maximum absolute atomic E-state index is 13.6. The van der Waals surface area contributed by atoms with Gasteiger partial charge in [0, 0.05) is 41.9 Å². The van der Waals surface area contributed by atoms with E-state index in [0.29, 0.717) is 42.9 Å². The van der Waals surface area contributed by atoms with Crippen LogP contribution < -0.4 is 5.32 Å². The Balaban J connectivity index is 0.000000451. The fourth-order valence-electron chi connectivity index (χ4n) is 4.86. The van der Waals surface area contributed by atoms with E-state index in [1.165, 1.54) is 0 Å². The number of rotatable bonds is 6. The van der Waals surface area contributed by atoms with Crippen LogP contribution in [0.5, 0.6) is 0 Å². The largest absolute Gasteiger partial charge is 0.490 e. The van der Waals surface area contributed by atoms with Crippen LogP contribution in [0.1, 0.15) is 32.7 Å². The summed E-state index contributed by atoms with van der Waals surface area (Å²) in [5.41, 5.74) is 5.85. The van der Waals surface area contributed by atoms with Gasteiger partial charge in [-0.25, -0.2) is 17.2 Å². The first kappa shape index (κ1) is 28.9. The molecule has 0 amide bonds. The van der Waals surface area contributed by atoms with Crippen molar-refractivity contribution in [1.82, 2.24) is 14.3 Å². The number of alkyl halides is 3. The monoisotopic (exact) mass is 598 g/mol. The van der Waals surface area contributed by atoms with Crippen LogP contribution in [-0.4, -0.2) is 59.2 Å². The highest BCUT2D eigenvalue weighted by atomic mass is 32.2. The number of benzene rings is 2. The summed E-state index contributed by atoms with van der Waals surface area (Å²) >= 11 is 0. The molecule has 0 spiro atoms.